The summed E-state index contributed by atoms with van der Waals surface area (Å²) in [5.74, 6) is -0.0347. The fourth-order valence-electron chi connectivity index (χ4n) is 7.51. The Hall–Kier alpha value is -1.91. The van der Waals surface area contributed by atoms with Gasteiger partial charge in [0, 0.05) is 6.42 Å². The molecule has 0 aromatic heterocycles. The lowest BCUT2D eigenvalue weighted by atomic mass is 10.0. The van der Waals surface area contributed by atoms with E-state index in [0.717, 1.165) is 57.8 Å². The van der Waals surface area contributed by atoms with Gasteiger partial charge >= 0.3 is 0 Å². The highest BCUT2D eigenvalue weighted by Crippen LogP contribution is 2.16. The van der Waals surface area contributed by atoms with Crippen LogP contribution in [-0.2, 0) is 4.79 Å². The van der Waals surface area contributed by atoms with Crippen LogP contribution in [-0.4, -0.2) is 34.9 Å². The molecular formula is C53H97NO3. The van der Waals surface area contributed by atoms with E-state index in [9.17, 15) is 15.0 Å². The highest BCUT2D eigenvalue weighted by Gasteiger charge is 2.20. The van der Waals surface area contributed by atoms with E-state index >= 15 is 0 Å². The Balaban J connectivity index is 3.35. The van der Waals surface area contributed by atoms with Gasteiger partial charge in [0.25, 0.3) is 0 Å². The van der Waals surface area contributed by atoms with Crippen molar-refractivity contribution in [3.8, 4) is 0 Å². The monoisotopic (exact) mass is 796 g/mol. The van der Waals surface area contributed by atoms with Crippen molar-refractivity contribution in [3.63, 3.8) is 0 Å². The van der Waals surface area contributed by atoms with Crippen molar-refractivity contribution in [2.24, 2.45) is 0 Å². The van der Waals surface area contributed by atoms with E-state index in [-0.39, 0.29) is 12.5 Å². The van der Waals surface area contributed by atoms with Crippen LogP contribution in [0.3, 0.4) is 0 Å². The number of carbonyl (C=O) groups is 1. The second-order valence-electron chi connectivity index (χ2n) is 16.9. The van der Waals surface area contributed by atoms with Gasteiger partial charge < -0.3 is 15.5 Å². The topological polar surface area (TPSA) is 69.6 Å². The van der Waals surface area contributed by atoms with Crippen LogP contribution in [0.4, 0.5) is 0 Å². The summed E-state index contributed by atoms with van der Waals surface area (Å²) in [4.78, 5) is 12.3. The lowest BCUT2D eigenvalue weighted by molar-refractivity contribution is -0.123. The molecule has 0 saturated carbocycles. The summed E-state index contributed by atoms with van der Waals surface area (Å²) in [6.07, 6.45) is 68.0. The Kier molecular flexibility index (Phi) is 46.8. The fraction of sp³-hybridized carbons (Fsp3) is 0.792. The summed E-state index contributed by atoms with van der Waals surface area (Å²) in [6, 6.07) is -0.531. The quantitative estimate of drug-likeness (QED) is 0.0425. The molecule has 0 bridgehead atoms. The van der Waals surface area contributed by atoms with Crippen LogP contribution in [0.15, 0.2) is 60.8 Å². The summed E-state index contributed by atoms with van der Waals surface area (Å²) in [6.45, 7) is 4.19. The predicted molar refractivity (Wildman–Crippen MR) is 253 cm³/mol. The van der Waals surface area contributed by atoms with Gasteiger partial charge in [0.2, 0.25) is 5.91 Å². The van der Waals surface area contributed by atoms with Crippen LogP contribution in [0.2, 0.25) is 0 Å². The van der Waals surface area contributed by atoms with Crippen molar-refractivity contribution in [1.82, 2.24) is 5.32 Å². The zero-order valence-electron chi connectivity index (χ0n) is 38.1. The summed E-state index contributed by atoms with van der Waals surface area (Å²) in [5, 5.41) is 22.9. The van der Waals surface area contributed by atoms with E-state index < -0.39 is 12.1 Å². The molecule has 3 N–H and O–H groups in total. The lowest BCUT2D eigenvalue weighted by Crippen LogP contribution is -2.45. The number of unbranched alkanes of at least 4 members (excludes halogenated alkanes) is 28. The highest BCUT2D eigenvalue weighted by atomic mass is 16.3. The molecule has 0 fully saturated rings. The van der Waals surface area contributed by atoms with Gasteiger partial charge in [0.1, 0.15) is 0 Å². The number of hydrogen-bond donors (Lipinski definition) is 3. The standard InChI is InChI=1S/C53H97NO3/c1-3-5-7-9-11-12-13-14-15-16-17-18-19-20-21-22-23-24-25-26-27-28-29-30-31-32-33-34-35-36-37-38-39-40-41-42-43-45-47-49-53(57)54-51(50-55)52(56)48-46-44-10-8-6-4-2/h5,7,11-12,14-15,17-18,20-21,51-52,55-56H,3-4,6,8-10,13,16,19,22-50H2,1-2H3,(H,54,57)/b7-5-,12-11-,15-14-,18-17-,21-20-. The lowest BCUT2D eigenvalue weighted by Gasteiger charge is -2.22. The van der Waals surface area contributed by atoms with E-state index in [1.165, 1.54) is 167 Å². The van der Waals surface area contributed by atoms with Crippen molar-refractivity contribution in [1.29, 1.82) is 0 Å². The second-order valence-corrected chi connectivity index (χ2v) is 16.9. The molecule has 57 heavy (non-hydrogen) atoms. The Morgan fingerprint density at radius 1 is 0.439 bits per heavy atom. The Morgan fingerprint density at radius 3 is 1.16 bits per heavy atom. The maximum Gasteiger partial charge on any atom is 0.220 e. The van der Waals surface area contributed by atoms with Gasteiger partial charge in [-0.2, -0.15) is 0 Å². The number of rotatable bonds is 45. The molecule has 0 aliphatic heterocycles. The fourth-order valence-corrected chi connectivity index (χ4v) is 7.51. The Morgan fingerprint density at radius 2 is 0.772 bits per heavy atom. The first-order valence-corrected chi connectivity index (χ1v) is 25.0. The molecule has 0 spiro atoms. The third-order valence-corrected chi connectivity index (χ3v) is 11.3. The summed E-state index contributed by atoms with van der Waals surface area (Å²) >= 11 is 0. The predicted octanol–water partition coefficient (Wildman–Crippen LogP) is 16.1. The molecule has 0 aromatic carbocycles. The first kappa shape index (κ1) is 55.1. The van der Waals surface area contributed by atoms with Gasteiger partial charge in [-0.1, -0.05) is 248 Å². The van der Waals surface area contributed by atoms with Crippen LogP contribution >= 0.6 is 0 Å². The van der Waals surface area contributed by atoms with E-state index in [1.54, 1.807) is 0 Å². The summed E-state index contributed by atoms with van der Waals surface area (Å²) in [7, 11) is 0. The number of aliphatic hydroxyl groups is 2. The molecule has 0 aliphatic rings. The summed E-state index contributed by atoms with van der Waals surface area (Å²) < 4.78 is 0. The zero-order chi connectivity index (χ0) is 41.4. The van der Waals surface area contributed by atoms with Crippen molar-refractivity contribution in [3.05, 3.63) is 60.8 Å². The minimum atomic E-state index is -0.654. The van der Waals surface area contributed by atoms with Gasteiger partial charge in [-0.05, 0) is 57.8 Å². The third-order valence-electron chi connectivity index (χ3n) is 11.3. The molecule has 0 heterocycles. The maximum atomic E-state index is 12.3. The van der Waals surface area contributed by atoms with Gasteiger partial charge in [-0.15, -0.1) is 0 Å². The minimum absolute atomic E-state index is 0.0347. The average molecular weight is 796 g/mol. The largest absolute Gasteiger partial charge is 0.394 e. The van der Waals surface area contributed by atoms with E-state index in [1.807, 2.05) is 0 Å². The Labute approximate surface area is 356 Å². The van der Waals surface area contributed by atoms with Gasteiger partial charge in [0.05, 0.1) is 18.8 Å². The van der Waals surface area contributed by atoms with Gasteiger partial charge in [-0.25, -0.2) is 0 Å². The van der Waals surface area contributed by atoms with Gasteiger partial charge in [-0.3, -0.25) is 4.79 Å². The van der Waals surface area contributed by atoms with Crippen molar-refractivity contribution >= 4 is 5.91 Å². The van der Waals surface area contributed by atoms with Crippen LogP contribution in [0, 0.1) is 0 Å². The molecule has 0 saturated heterocycles. The van der Waals surface area contributed by atoms with E-state index in [0.29, 0.717) is 12.8 Å². The molecule has 0 rings (SSSR count). The molecule has 4 nitrogen and oxygen atoms in total. The number of allylic oxidation sites excluding steroid dienone is 10. The molecule has 1 amide bonds. The molecule has 2 atom stereocenters. The van der Waals surface area contributed by atoms with Crippen molar-refractivity contribution in [2.75, 3.05) is 6.61 Å². The van der Waals surface area contributed by atoms with E-state index in [2.05, 4.69) is 79.9 Å². The number of hydrogen-bond acceptors (Lipinski definition) is 3. The first-order chi connectivity index (χ1) is 28.2. The molecular weight excluding hydrogens is 699 g/mol. The second kappa shape index (κ2) is 48.5. The SMILES string of the molecule is CC/C=C\C/C=C\C/C=C\C/C=C\C/C=C\CCCCCCCCCCCCCCCCCCCCCCCCCC(=O)NC(CO)C(O)CCCCCCCC. The normalized spacial score (nSPS) is 13.4. The molecule has 2 unspecified atom stereocenters. The van der Waals surface area contributed by atoms with Crippen LogP contribution in [0.1, 0.15) is 251 Å². The molecule has 0 radical (unpaired) electrons. The van der Waals surface area contributed by atoms with E-state index in [4.69, 9.17) is 0 Å². The summed E-state index contributed by atoms with van der Waals surface area (Å²) in [5.41, 5.74) is 0. The molecule has 0 aliphatic carbocycles. The number of nitrogens with one attached hydrogen (secondary N) is 1. The number of carbonyl (C=O) groups excluding carboxylic acids is 1. The molecule has 332 valence electrons. The van der Waals surface area contributed by atoms with Crippen LogP contribution in [0.25, 0.3) is 0 Å². The van der Waals surface area contributed by atoms with Crippen LogP contribution in [0.5, 0.6) is 0 Å². The highest BCUT2D eigenvalue weighted by molar-refractivity contribution is 5.76. The average Bonchev–Trinajstić information content (AvgIpc) is 3.22. The number of aliphatic hydroxyl groups excluding tert-OH is 2. The zero-order valence-corrected chi connectivity index (χ0v) is 38.1. The smallest absolute Gasteiger partial charge is 0.220 e. The molecule has 0 aromatic rings. The van der Waals surface area contributed by atoms with Gasteiger partial charge in [0.15, 0.2) is 0 Å². The van der Waals surface area contributed by atoms with Crippen molar-refractivity contribution < 1.29 is 15.0 Å². The third kappa shape index (κ3) is 45.0. The first-order valence-electron chi connectivity index (χ1n) is 25.0. The Bertz CT molecular complexity index is 950. The van der Waals surface area contributed by atoms with Crippen molar-refractivity contribution in [2.45, 2.75) is 264 Å². The number of amides is 1. The molecule has 4 heteroatoms. The maximum absolute atomic E-state index is 12.3. The van der Waals surface area contributed by atoms with Crippen LogP contribution < -0.4 is 5.32 Å². The minimum Gasteiger partial charge on any atom is -0.394 e.